The number of nitrogens with one attached hydrogen (secondary N) is 1. The summed E-state index contributed by atoms with van der Waals surface area (Å²) in [7, 11) is 0. The zero-order chi connectivity index (χ0) is 12.8. The standard InChI is InChI=1S/C11H11NO5/c13-9(11(16)17)12-8(10(14)15)6-7-4-2-1-3-5-7/h1-5,8H,6H2,(H,12,13)(H,14,15)(H,16,17)/t8-/m1/s1. The van der Waals surface area contributed by atoms with E-state index < -0.39 is 23.9 Å². The van der Waals surface area contributed by atoms with Crippen molar-refractivity contribution >= 4 is 17.8 Å². The molecule has 1 aromatic carbocycles. The number of amides is 1. The zero-order valence-corrected chi connectivity index (χ0v) is 8.79. The van der Waals surface area contributed by atoms with E-state index in [0.29, 0.717) is 5.56 Å². The van der Waals surface area contributed by atoms with E-state index in [9.17, 15) is 14.4 Å². The first-order valence-electron chi connectivity index (χ1n) is 4.81. The summed E-state index contributed by atoms with van der Waals surface area (Å²) in [5, 5.41) is 19.2. The molecule has 0 saturated heterocycles. The molecule has 1 rings (SSSR count). The van der Waals surface area contributed by atoms with Crippen LogP contribution >= 0.6 is 0 Å². The van der Waals surface area contributed by atoms with Crippen molar-refractivity contribution in [2.24, 2.45) is 0 Å². The Morgan fingerprint density at radius 2 is 1.71 bits per heavy atom. The van der Waals surface area contributed by atoms with Crippen LogP contribution in [-0.2, 0) is 20.8 Å². The minimum absolute atomic E-state index is 0.0369. The van der Waals surface area contributed by atoms with Crippen LogP contribution in [0, 0.1) is 0 Å². The number of carbonyl (C=O) groups is 3. The van der Waals surface area contributed by atoms with Gasteiger partial charge >= 0.3 is 17.8 Å². The van der Waals surface area contributed by atoms with Gasteiger partial charge in [-0.25, -0.2) is 9.59 Å². The summed E-state index contributed by atoms with van der Waals surface area (Å²) in [4.78, 5) is 32.0. The molecule has 3 N–H and O–H groups in total. The van der Waals surface area contributed by atoms with Crippen molar-refractivity contribution in [1.29, 1.82) is 0 Å². The number of hydrogen-bond acceptors (Lipinski definition) is 3. The molecule has 0 bridgehead atoms. The maximum absolute atomic E-state index is 10.9. The monoisotopic (exact) mass is 237 g/mol. The normalized spacial score (nSPS) is 11.5. The van der Waals surface area contributed by atoms with Crippen molar-refractivity contribution in [2.75, 3.05) is 0 Å². The molecule has 0 aromatic heterocycles. The van der Waals surface area contributed by atoms with Crippen LogP contribution in [0.5, 0.6) is 0 Å². The number of carboxylic acid groups (broad SMARTS) is 2. The molecule has 1 atom stereocenters. The molecule has 0 heterocycles. The topological polar surface area (TPSA) is 104 Å². The molecule has 0 spiro atoms. The predicted molar refractivity (Wildman–Crippen MR) is 57.3 cm³/mol. The first kappa shape index (κ1) is 12.7. The van der Waals surface area contributed by atoms with Crippen molar-refractivity contribution in [3.05, 3.63) is 35.9 Å². The molecule has 0 fully saturated rings. The molecule has 0 unspecified atom stereocenters. The number of benzene rings is 1. The Morgan fingerprint density at radius 3 is 2.18 bits per heavy atom. The maximum atomic E-state index is 10.9. The molecule has 6 heteroatoms. The molecule has 0 aliphatic heterocycles. The fourth-order valence-corrected chi connectivity index (χ4v) is 1.27. The number of carboxylic acids is 2. The molecule has 0 aliphatic carbocycles. The van der Waals surface area contributed by atoms with Crippen LogP contribution in [0.25, 0.3) is 0 Å². The van der Waals surface area contributed by atoms with E-state index in [1.165, 1.54) is 0 Å². The highest BCUT2D eigenvalue weighted by molar-refractivity contribution is 6.31. The molecule has 6 nitrogen and oxygen atoms in total. The quantitative estimate of drug-likeness (QED) is 0.633. The van der Waals surface area contributed by atoms with E-state index >= 15 is 0 Å². The fourth-order valence-electron chi connectivity index (χ4n) is 1.27. The molecule has 17 heavy (non-hydrogen) atoms. The summed E-state index contributed by atoms with van der Waals surface area (Å²) in [6.07, 6.45) is 0.0369. The lowest BCUT2D eigenvalue weighted by Gasteiger charge is -2.12. The average Bonchev–Trinajstić information content (AvgIpc) is 2.29. The molecule has 1 amide bonds. The summed E-state index contributed by atoms with van der Waals surface area (Å²) < 4.78 is 0. The fraction of sp³-hybridized carbons (Fsp3) is 0.182. The van der Waals surface area contributed by atoms with Gasteiger partial charge in [0.05, 0.1) is 0 Å². The number of aliphatic carboxylic acids is 2. The Balaban J connectivity index is 2.71. The predicted octanol–water partition coefficient (Wildman–Crippen LogP) is -0.117. The van der Waals surface area contributed by atoms with Crippen molar-refractivity contribution in [3.63, 3.8) is 0 Å². The van der Waals surface area contributed by atoms with Crippen LogP contribution < -0.4 is 5.32 Å². The van der Waals surface area contributed by atoms with Gasteiger partial charge in [-0.2, -0.15) is 0 Å². The first-order valence-corrected chi connectivity index (χ1v) is 4.81. The van der Waals surface area contributed by atoms with Crippen LogP contribution in [-0.4, -0.2) is 34.1 Å². The molecule has 0 saturated carbocycles. The van der Waals surface area contributed by atoms with Crippen molar-refractivity contribution in [2.45, 2.75) is 12.5 Å². The van der Waals surface area contributed by atoms with Gasteiger partial charge in [0.15, 0.2) is 0 Å². The Bertz CT molecular complexity index is 429. The summed E-state index contributed by atoms with van der Waals surface area (Å²) in [5.74, 6) is -4.30. The summed E-state index contributed by atoms with van der Waals surface area (Å²) in [5.41, 5.74) is 0.700. The molecule has 0 radical (unpaired) electrons. The number of rotatable bonds is 4. The van der Waals surface area contributed by atoms with Crippen LogP contribution in [0.2, 0.25) is 0 Å². The number of hydrogen-bond donors (Lipinski definition) is 3. The highest BCUT2D eigenvalue weighted by Gasteiger charge is 2.23. The summed E-state index contributed by atoms with van der Waals surface area (Å²) in [6.45, 7) is 0. The molecular formula is C11H11NO5. The van der Waals surface area contributed by atoms with Crippen molar-refractivity contribution < 1.29 is 24.6 Å². The second-order valence-corrected chi connectivity index (χ2v) is 3.36. The van der Waals surface area contributed by atoms with E-state index in [4.69, 9.17) is 10.2 Å². The smallest absolute Gasteiger partial charge is 0.394 e. The molecular weight excluding hydrogens is 226 g/mol. The van der Waals surface area contributed by atoms with Crippen LogP contribution in [0.1, 0.15) is 5.56 Å². The minimum Gasteiger partial charge on any atom is -0.480 e. The lowest BCUT2D eigenvalue weighted by atomic mass is 10.1. The largest absolute Gasteiger partial charge is 0.480 e. The SMILES string of the molecule is O=C(O)C(=O)N[C@H](Cc1ccccc1)C(=O)O. The van der Waals surface area contributed by atoms with Gasteiger partial charge in [-0.05, 0) is 5.56 Å². The van der Waals surface area contributed by atoms with Crippen molar-refractivity contribution in [3.8, 4) is 0 Å². The third-order valence-electron chi connectivity index (χ3n) is 2.08. The van der Waals surface area contributed by atoms with Gasteiger partial charge in [0.2, 0.25) is 0 Å². The van der Waals surface area contributed by atoms with Gasteiger partial charge in [0.1, 0.15) is 6.04 Å². The maximum Gasteiger partial charge on any atom is 0.394 e. The van der Waals surface area contributed by atoms with Gasteiger partial charge in [-0.1, -0.05) is 30.3 Å². The van der Waals surface area contributed by atoms with E-state index in [1.807, 2.05) is 5.32 Å². The second-order valence-electron chi connectivity index (χ2n) is 3.36. The lowest BCUT2D eigenvalue weighted by Crippen LogP contribution is -2.45. The zero-order valence-electron chi connectivity index (χ0n) is 8.79. The van der Waals surface area contributed by atoms with Crippen LogP contribution in [0.15, 0.2) is 30.3 Å². The molecule has 0 aliphatic rings. The van der Waals surface area contributed by atoms with Crippen LogP contribution in [0.4, 0.5) is 0 Å². The van der Waals surface area contributed by atoms with Crippen molar-refractivity contribution in [1.82, 2.24) is 5.32 Å². The Labute approximate surface area is 96.9 Å². The summed E-state index contributed by atoms with van der Waals surface area (Å²) in [6, 6.07) is 7.38. The van der Waals surface area contributed by atoms with E-state index in [1.54, 1.807) is 30.3 Å². The average molecular weight is 237 g/mol. The lowest BCUT2D eigenvalue weighted by molar-refractivity contribution is -0.152. The molecule has 90 valence electrons. The highest BCUT2D eigenvalue weighted by atomic mass is 16.4. The van der Waals surface area contributed by atoms with E-state index in [2.05, 4.69) is 0 Å². The van der Waals surface area contributed by atoms with Gasteiger partial charge in [-0.3, -0.25) is 4.79 Å². The van der Waals surface area contributed by atoms with E-state index in [-0.39, 0.29) is 6.42 Å². The Hall–Kier alpha value is -2.37. The summed E-state index contributed by atoms with van der Waals surface area (Å²) >= 11 is 0. The first-order chi connectivity index (χ1) is 8.00. The van der Waals surface area contributed by atoms with Gasteiger partial charge < -0.3 is 15.5 Å². The highest BCUT2D eigenvalue weighted by Crippen LogP contribution is 2.03. The molecule has 1 aromatic rings. The Morgan fingerprint density at radius 1 is 1.12 bits per heavy atom. The van der Waals surface area contributed by atoms with Gasteiger partial charge in [-0.15, -0.1) is 0 Å². The minimum atomic E-state index is -1.70. The van der Waals surface area contributed by atoms with Crippen LogP contribution in [0.3, 0.4) is 0 Å². The third kappa shape index (κ3) is 3.94. The second kappa shape index (κ2) is 5.64. The van der Waals surface area contributed by atoms with E-state index in [0.717, 1.165) is 0 Å². The van der Waals surface area contributed by atoms with Gasteiger partial charge in [0, 0.05) is 6.42 Å². The number of carbonyl (C=O) groups excluding carboxylic acids is 1. The van der Waals surface area contributed by atoms with Gasteiger partial charge in [0.25, 0.3) is 0 Å². The Kier molecular flexibility index (Phi) is 4.21. The third-order valence-corrected chi connectivity index (χ3v) is 2.08.